The van der Waals surface area contributed by atoms with Gasteiger partial charge in [0.15, 0.2) is 23.0 Å². The molecule has 5 heterocycles. The fourth-order valence-corrected chi connectivity index (χ4v) is 9.13. The number of fused-ring (bicyclic) bond motifs is 4. The second-order valence-corrected chi connectivity index (χ2v) is 18.8. The molecule has 3 aromatic rings. The number of ether oxygens (including phenoxy) is 4. The van der Waals surface area contributed by atoms with E-state index in [9.17, 15) is 33.6 Å². The molecule has 0 spiro atoms. The summed E-state index contributed by atoms with van der Waals surface area (Å²) in [5, 5.41) is 8.38. The first-order valence-corrected chi connectivity index (χ1v) is 24.5. The van der Waals surface area contributed by atoms with Gasteiger partial charge in [0.1, 0.15) is 12.1 Å². The first-order chi connectivity index (χ1) is 35.1. The molecule has 0 aromatic heterocycles. The van der Waals surface area contributed by atoms with Crippen LogP contribution in [0.5, 0.6) is 23.0 Å². The van der Waals surface area contributed by atoms with Gasteiger partial charge in [-0.1, -0.05) is 38.0 Å². The molecule has 382 valence electrons. The largest absolute Gasteiger partial charge is 0.493 e. The standard InChI is InChI=1S/C54H60N8O11/c1-31(2)50(59-47(63)14-8-7-9-17-60-48(64)15-16-49(60)65)52(67)57-33(4)51(66)58-36-13-10-12-34(21-36)35-22-38-28-56-42-26-46(44(71-6)24-40(42)54(69)62(38)30-35)73-19-11-18-72-45-25-41-39(23-43(45)70-5)53(68)61-29-32(3)20-37(61)27-55-41/h10,12-13,15-16,21,23-31,33,37-38,50H,7-9,11,14,17-20,22H2,1-6H3,(H,57,67)(H,58,66)(H,59,63). The van der Waals surface area contributed by atoms with Crippen LogP contribution in [0.25, 0.3) is 5.57 Å². The zero-order chi connectivity index (χ0) is 51.9. The van der Waals surface area contributed by atoms with E-state index < -0.39 is 23.9 Å². The van der Waals surface area contributed by atoms with E-state index in [2.05, 4.69) is 20.9 Å². The molecular formula is C54H60N8O11. The third-order valence-corrected chi connectivity index (χ3v) is 13.1. The Labute approximate surface area is 423 Å². The minimum absolute atomic E-state index is 0.122. The Morgan fingerprint density at radius 3 is 1.90 bits per heavy atom. The molecule has 19 nitrogen and oxygen atoms in total. The van der Waals surface area contributed by atoms with Crippen molar-refractivity contribution in [3.05, 3.63) is 95.3 Å². The average Bonchev–Trinajstić information content (AvgIpc) is 4.03. The maximum absolute atomic E-state index is 14.1. The molecule has 8 rings (SSSR count). The van der Waals surface area contributed by atoms with Crippen molar-refractivity contribution in [1.82, 2.24) is 25.3 Å². The van der Waals surface area contributed by atoms with Crippen molar-refractivity contribution in [2.24, 2.45) is 15.9 Å². The molecule has 3 N–H and O–H groups in total. The van der Waals surface area contributed by atoms with Crippen molar-refractivity contribution in [3.63, 3.8) is 0 Å². The molecule has 0 bridgehead atoms. The van der Waals surface area contributed by atoms with Crippen LogP contribution < -0.4 is 34.9 Å². The molecule has 5 aliphatic heterocycles. The van der Waals surface area contributed by atoms with E-state index in [-0.39, 0.29) is 73.7 Å². The highest BCUT2D eigenvalue weighted by atomic mass is 16.5. The normalized spacial score (nSPS) is 18.3. The third kappa shape index (κ3) is 11.7. The molecule has 3 aromatic carbocycles. The first kappa shape index (κ1) is 51.3. The number of carbonyl (C=O) groups excluding carboxylic acids is 7. The van der Waals surface area contributed by atoms with Gasteiger partial charge in [0.05, 0.1) is 62.0 Å². The zero-order valence-electron chi connectivity index (χ0n) is 41.8. The minimum atomic E-state index is -0.944. The van der Waals surface area contributed by atoms with E-state index >= 15 is 0 Å². The molecule has 0 saturated heterocycles. The van der Waals surface area contributed by atoms with Crippen LogP contribution >= 0.6 is 0 Å². The fourth-order valence-electron chi connectivity index (χ4n) is 9.13. The zero-order valence-corrected chi connectivity index (χ0v) is 41.8. The van der Waals surface area contributed by atoms with E-state index in [0.717, 1.165) is 28.0 Å². The number of nitrogens with one attached hydrogen (secondary N) is 3. The molecule has 5 aliphatic rings. The number of anilines is 1. The Morgan fingerprint density at radius 1 is 0.699 bits per heavy atom. The summed E-state index contributed by atoms with van der Waals surface area (Å²) in [4.78, 5) is 104. The fraction of sp³-hybridized carbons (Fsp3) is 0.389. The second kappa shape index (κ2) is 22.5. The van der Waals surface area contributed by atoms with Gasteiger partial charge in [-0.2, -0.15) is 0 Å². The summed E-state index contributed by atoms with van der Waals surface area (Å²) in [5.74, 6) is -0.991. The molecule has 19 heteroatoms. The number of aliphatic imine (C=N–C) groups is 2. The minimum Gasteiger partial charge on any atom is -0.493 e. The lowest BCUT2D eigenvalue weighted by Gasteiger charge is -2.24. The van der Waals surface area contributed by atoms with Crippen molar-refractivity contribution in [2.45, 2.75) is 96.8 Å². The van der Waals surface area contributed by atoms with Crippen LogP contribution in [-0.2, 0) is 24.0 Å². The number of amides is 7. The number of nitrogens with zero attached hydrogens (tertiary/aromatic N) is 5. The van der Waals surface area contributed by atoms with Gasteiger partial charge in [0.2, 0.25) is 17.7 Å². The highest BCUT2D eigenvalue weighted by Crippen LogP contribution is 2.41. The number of methoxy groups -OCH3 is 2. The Kier molecular flexibility index (Phi) is 15.8. The van der Waals surface area contributed by atoms with Gasteiger partial charge in [-0.15, -0.1) is 0 Å². The molecule has 0 radical (unpaired) electrons. The lowest BCUT2D eigenvalue weighted by molar-refractivity contribution is -0.137. The van der Waals surface area contributed by atoms with Gasteiger partial charge >= 0.3 is 0 Å². The summed E-state index contributed by atoms with van der Waals surface area (Å²) in [5.41, 5.74) is 4.95. The quantitative estimate of drug-likeness (QED) is 0.0779. The van der Waals surface area contributed by atoms with E-state index in [1.54, 1.807) is 91.7 Å². The molecular weight excluding hydrogens is 937 g/mol. The van der Waals surface area contributed by atoms with Crippen LogP contribution in [0.2, 0.25) is 0 Å². The summed E-state index contributed by atoms with van der Waals surface area (Å²) in [7, 11) is 3.02. The number of imide groups is 1. The smallest absolute Gasteiger partial charge is 0.260 e. The Morgan fingerprint density at radius 2 is 1.30 bits per heavy atom. The van der Waals surface area contributed by atoms with Gasteiger partial charge in [-0.05, 0) is 74.4 Å². The molecule has 0 saturated carbocycles. The van der Waals surface area contributed by atoms with E-state index in [1.807, 2.05) is 19.2 Å². The summed E-state index contributed by atoms with van der Waals surface area (Å²) in [6.07, 6.45) is 13.2. The van der Waals surface area contributed by atoms with Gasteiger partial charge in [0, 0.05) is 80.6 Å². The van der Waals surface area contributed by atoms with E-state index in [0.29, 0.717) is 83.3 Å². The number of hydrogen-bond acceptors (Lipinski definition) is 13. The van der Waals surface area contributed by atoms with Crippen LogP contribution in [0.4, 0.5) is 17.1 Å². The lowest BCUT2D eigenvalue weighted by atomic mass is 10.0. The first-order valence-electron chi connectivity index (χ1n) is 24.5. The van der Waals surface area contributed by atoms with Crippen molar-refractivity contribution in [2.75, 3.05) is 39.3 Å². The summed E-state index contributed by atoms with van der Waals surface area (Å²) < 4.78 is 23.5. The number of carbonyl (C=O) groups is 7. The second-order valence-electron chi connectivity index (χ2n) is 18.8. The molecule has 73 heavy (non-hydrogen) atoms. The molecule has 0 fully saturated rings. The molecule has 4 atom stereocenters. The predicted molar refractivity (Wildman–Crippen MR) is 273 cm³/mol. The maximum Gasteiger partial charge on any atom is 0.260 e. The maximum atomic E-state index is 14.1. The van der Waals surface area contributed by atoms with Crippen molar-refractivity contribution >= 4 is 76.4 Å². The molecule has 0 aliphatic carbocycles. The highest BCUT2D eigenvalue weighted by molar-refractivity contribution is 6.13. The van der Waals surface area contributed by atoms with Gasteiger partial charge < -0.3 is 44.7 Å². The van der Waals surface area contributed by atoms with E-state index in [1.165, 1.54) is 26.4 Å². The van der Waals surface area contributed by atoms with Crippen LogP contribution in [0.15, 0.2) is 88.6 Å². The van der Waals surface area contributed by atoms with Crippen molar-refractivity contribution < 1.29 is 52.5 Å². The van der Waals surface area contributed by atoms with Gasteiger partial charge in [-0.3, -0.25) is 48.4 Å². The number of benzene rings is 3. The third-order valence-electron chi connectivity index (χ3n) is 13.1. The molecule has 4 unspecified atom stereocenters. The predicted octanol–water partition coefficient (Wildman–Crippen LogP) is 6.43. The monoisotopic (exact) mass is 996 g/mol. The average molecular weight is 997 g/mol. The van der Waals surface area contributed by atoms with Gasteiger partial charge in [-0.25, -0.2) is 0 Å². The van der Waals surface area contributed by atoms with Crippen LogP contribution in [-0.4, -0.2) is 127 Å². The molecule has 7 amide bonds. The van der Waals surface area contributed by atoms with E-state index in [4.69, 9.17) is 23.9 Å². The van der Waals surface area contributed by atoms with Crippen molar-refractivity contribution in [3.8, 4) is 23.0 Å². The Hall–Kier alpha value is -8.09. The number of unbranched alkanes of at least 4 members (excludes halogenated alkanes) is 2. The Bertz CT molecular complexity index is 2850. The topological polar surface area (TPSA) is 227 Å². The van der Waals surface area contributed by atoms with Crippen LogP contribution in [0, 0.1) is 5.92 Å². The summed E-state index contributed by atoms with van der Waals surface area (Å²) in [6, 6.07) is 11.6. The lowest BCUT2D eigenvalue weighted by Crippen LogP contribution is -2.53. The highest BCUT2D eigenvalue weighted by Gasteiger charge is 2.35. The Balaban J connectivity index is 0.820. The van der Waals surface area contributed by atoms with Gasteiger partial charge in [0.25, 0.3) is 23.6 Å². The van der Waals surface area contributed by atoms with Crippen molar-refractivity contribution in [1.29, 1.82) is 0 Å². The summed E-state index contributed by atoms with van der Waals surface area (Å²) >= 11 is 0. The van der Waals surface area contributed by atoms with Crippen LogP contribution in [0.1, 0.15) is 98.9 Å². The SMILES string of the molecule is COc1cc2c(cc1OCCCOc1cc3c(cc1OC)C(=O)N1C=C(c4cccc(NC(=O)C(C)NC(=O)C(NC(=O)CCCCCN5C(=O)C=CC5=O)C(C)C)c4)CC1C=N3)N=CC1CC(C)=CN1C2=O. The summed E-state index contributed by atoms with van der Waals surface area (Å²) in [6.45, 7) is 7.96. The van der Waals surface area contributed by atoms with Crippen LogP contribution in [0.3, 0.4) is 0 Å². The number of rotatable bonds is 21. The number of hydrogen-bond donors (Lipinski definition) is 3.